The third-order valence-electron chi connectivity index (χ3n) is 2.61. The van der Waals surface area contributed by atoms with Crippen molar-refractivity contribution in [1.82, 2.24) is 5.32 Å². The van der Waals surface area contributed by atoms with E-state index in [1.165, 1.54) is 12.1 Å². The summed E-state index contributed by atoms with van der Waals surface area (Å²) in [6.45, 7) is 4.56. The van der Waals surface area contributed by atoms with Gasteiger partial charge < -0.3 is 5.32 Å². The maximum absolute atomic E-state index is 12.0. The van der Waals surface area contributed by atoms with Gasteiger partial charge in [-0.25, -0.2) is 8.42 Å². The first-order valence-corrected chi connectivity index (χ1v) is 8.81. The molecule has 1 N–H and O–H groups in total. The number of rotatable bonds is 5. The van der Waals surface area contributed by atoms with Gasteiger partial charge in [0.1, 0.15) is 0 Å². The smallest absolute Gasteiger partial charge is 0.251 e. The number of carbonyl (C=O) groups excluding carboxylic acids is 1. The Morgan fingerprint density at radius 3 is 2.53 bits per heavy atom. The van der Waals surface area contributed by atoms with Crippen LogP contribution in [0.3, 0.4) is 0 Å². The van der Waals surface area contributed by atoms with Gasteiger partial charge in [-0.1, -0.05) is 35.8 Å². The van der Waals surface area contributed by atoms with Crippen molar-refractivity contribution in [3.05, 3.63) is 29.8 Å². The molecule has 0 unspecified atom stereocenters. The predicted octanol–water partition coefficient (Wildman–Crippen LogP) is 2.24. The molecule has 1 aromatic carbocycles. The molecule has 0 bridgehead atoms. The van der Waals surface area contributed by atoms with Crippen LogP contribution in [0.25, 0.3) is 0 Å². The number of nitrogens with one attached hydrogen (secondary N) is 1. The maximum atomic E-state index is 12.0. The first-order valence-electron chi connectivity index (χ1n) is 5.80. The topological polar surface area (TPSA) is 63.2 Å². The SMILES string of the molecule is CC(C)(CBr)CNC(=O)c1cccc(S(C)(=O)=O)c1. The second-order valence-corrected chi connectivity index (χ2v) is 7.86. The molecule has 1 amide bonds. The molecule has 0 heterocycles. The second kappa shape index (κ2) is 6.05. The lowest BCUT2D eigenvalue weighted by Gasteiger charge is -2.21. The van der Waals surface area contributed by atoms with Gasteiger partial charge >= 0.3 is 0 Å². The summed E-state index contributed by atoms with van der Waals surface area (Å²) in [7, 11) is -3.29. The van der Waals surface area contributed by atoms with Crippen molar-refractivity contribution < 1.29 is 13.2 Å². The van der Waals surface area contributed by atoms with E-state index in [0.717, 1.165) is 11.6 Å². The molecule has 19 heavy (non-hydrogen) atoms. The average molecular weight is 348 g/mol. The van der Waals surface area contributed by atoms with Gasteiger partial charge in [-0.15, -0.1) is 0 Å². The molecule has 1 aromatic rings. The lowest BCUT2D eigenvalue weighted by Crippen LogP contribution is -2.34. The number of amides is 1. The Hall–Kier alpha value is -0.880. The zero-order valence-corrected chi connectivity index (χ0v) is 13.6. The molecule has 106 valence electrons. The summed E-state index contributed by atoms with van der Waals surface area (Å²) < 4.78 is 22.9. The Labute approximate surface area is 122 Å². The molecule has 4 nitrogen and oxygen atoms in total. The van der Waals surface area contributed by atoms with E-state index >= 15 is 0 Å². The van der Waals surface area contributed by atoms with Crippen LogP contribution < -0.4 is 5.32 Å². The largest absolute Gasteiger partial charge is 0.351 e. The molecule has 0 spiro atoms. The van der Waals surface area contributed by atoms with E-state index in [-0.39, 0.29) is 16.2 Å². The fourth-order valence-corrected chi connectivity index (χ4v) is 2.20. The molecule has 6 heteroatoms. The maximum Gasteiger partial charge on any atom is 0.251 e. The molecular formula is C13H18BrNO3S. The summed E-state index contributed by atoms with van der Waals surface area (Å²) in [5.41, 5.74) is 0.303. The summed E-state index contributed by atoms with van der Waals surface area (Å²) in [6.07, 6.45) is 1.12. The molecule has 0 radical (unpaired) electrons. The highest BCUT2D eigenvalue weighted by Gasteiger charge is 2.18. The van der Waals surface area contributed by atoms with Crippen LogP contribution >= 0.6 is 15.9 Å². The van der Waals surface area contributed by atoms with Gasteiger partial charge in [0.05, 0.1) is 4.90 Å². The Balaban J connectivity index is 2.84. The van der Waals surface area contributed by atoms with E-state index in [4.69, 9.17) is 0 Å². The lowest BCUT2D eigenvalue weighted by atomic mass is 9.97. The number of hydrogen-bond acceptors (Lipinski definition) is 3. The van der Waals surface area contributed by atoms with Gasteiger partial charge in [-0.05, 0) is 23.6 Å². The minimum absolute atomic E-state index is 0.0515. The van der Waals surface area contributed by atoms with Gasteiger partial charge in [-0.3, -0.25) is 4.79 Å². The van der Waals surface area contributed by atoms with Gasteiger partial charge in [0, 0.05) is 23.7 Å². The summed E-state index contributed by atoms with van der Waals surface area (Å²) in [5.74, 6) is -0.264. The highest BCUT2D eigenvalue weighted by molar-refractivity contribution is 9.09. The van der Waals surface area contributed by atoms with Crippen LogP contribution in [-0.2, 0) is 9.84 Å². The minimum Gasteiger partial charge on any atom is -0.351 e. The third-order valence-corrected chi connectivity index (χ3v) is 5.24. The third kappa shape index (κ3) is 4.95. The number of halogens is 1. The minimum atomic E-state index is -3.29. The Morgan fingerprint density at radius 2 is 2.00 bits per heavy atom. The van der Waals surface area contributed by atoms with Crippen molar-refractivity contribution >= 4 is 31.7 Å². The van der Waals surface area contributed by atoms with Crippen molar-refractivity contribution in [3.63, 3.8) is 0 Å². The molecule has 0 aromatic heterocycles. The number of benzene rings is 1. The molecular weight excluding hydrogens is 330 g/mol. The van der Waals surface area contributed by atoms with E-state index in [9.17, 15) is 13.2 Å². The molecule has 0 aliphatic heterocycles. The monoisotopic (exact) mass is 347 g/mol. The van der Waals surface area contributed by atoms with Crippen molar-refractivity contribution in [2.24, 2.45) is 5.41 Å². The number of carbonyl (C=O) groups is 1. The quantitative estimate of drug-likeness (QED) is 0.830. The van der Waals surface area contributed by atoms with Gasteiger partial charge in [0.15, 0.2) is 9.84 Å². The normalized spacial score (nSPS) is 12.2. The van der Waals surface area contributed by atoms with Crippen LogP contribution in [0.5, 0.6) is 0 Å². The molecule has 0 saturated heterocycles. The van der Waals surface area contributed by atoms with Crippen molar-refractivity contribution in [1.29, 1.82) is 0 Å². The molecule has 0 aliphatic carbocycles. The average Bonchev–Trinajstić information content (AvgIpc) is 2.35. The molecule has 1 rings (SSSR count). The fraction of sp³-hybridized carbons (Fsp3) is 0.462. The van der Waals surface area contributed by atoms with E-state index in [1.807, 2.05) is 13.8 Å². The lowest BCUT2D eigenvalue weighted by molar-refractivity contribution is 0.0940. The van der Waals surface area contributed by atoms with Gasteiger partial charge in [-0.2, -0.15) is 0 Å². The van der Waals surface area contributed by atoms with E-state index < -0.39 is 9.84 Å². The van der Waals surface area contributed by atoms with Crippen molar-refractivity contribution in [2.75, 3.05) is 18.1 Å². The second-order valence-electron chi connectivity index (χ2n) is 5.28. The van der Waals surface area contributed by atoms with Crippen LogP contribution in [0.15, 0.2) is 29.2 Å². The first-order chi connectivity index (χ1) is 8.65. The summed E-state index contributed by atoms with van der Waals surface area (Å²) in [5, 5.41) is 3.57. The first kappa shape index (κ1) is 16.2. The highest BCUT2D eigenvalue weighted by Crippen LogP contribution is 2.17. The zero-order valence-electron chi connectivity index (χ0n) is 11.2. The van der Waals surface area contributed by atoms with E-state index in [2.05, 4.69) is 21.2 Å². The zero-order chi connectivity index (χ0) is 14.7. The summed E-state index contributed by atoms with van der Waals surface area (Å²) >= 11 is 3.38. The van der Waals surface area contributed by atoms with E-state index in [0.29, 0.717) is 12.1 Å². The molecule has 0 saturated carbocycles. The number of sulfone groups is 1. The van der Waals surface area contributed by atoms with Crippen LogP contribution in [0.2, 0.25) is 0 Å². The van der Waals surface area contributed by atoms with Gasteiger partial charge in [0.2, 0.25) is 0 Å². The summed E-state index contributed by atoms with van der Waals surface area (Å²) in [6, 6.07) is 6.05. The van der Waals surface area contributed by atoms with E-state index in [1.54, 1.807) is 12.1 Å². The van der Waals surface area contributed by atoms with Crippen LogP contribution in [0.1, 0.15) is 24.2 Å². The molecule has 0 atom stereocenters. The molecule has 0 fully saturated rings. The Bertz CT molecular complexity index is 567. The predicted molar refractivity (Wildman–Crippen MR) is 79.5 cm³/mol. The standard InChI is InChI=1S/C13H18BrNO3S/c1-13(2,8-14)9-15-12(16)10-5-4-6-11(7-10)19(3,17)18/h4-7H,8-9H2,1-3H3,(H,15,16). The van der Waals surface area contributed by atoms with Gasteiger partial charge in [0.25, 0.3) is 5.91 Å². The number of alkyl halides is 1. The highest BCUT2D eigenvalue weighted by atomic mass is 79.9. The van der Waals surface area contributed by atoms with Crippen molar-refractivity contribution in [3.8, 4) is 0 Å². The van der Waals surface area contributed by atoms with Crippen LogP contribution in [-0.4, -0.2) is 32.5 Å². The fourth-order valence-electron chi connectivity index (χ4n) is 1.34. The molecule has 0 aliphatic rings. The summed E-state index contributed by atoms with van der Waals surface area (Å²) in [4.78, 5) is 12.1. The van der Waals surface area contributed by atoms with Crippen LogP contribution in [0.4, 0.5) is 0 Å². The van der Waals surface area contributed by atoms with Crippen LogP contribution in [0, 0.1) is 5.41 Å². The number of hydrogen-bond donors (Lipinski definition) is 1. The van der Waals surface area contributed by atoms with Crippen molar-refractivity contribution in [2.45, 2.75) is 18.7 Å². The Kier molecular flexibility index (Phi) is 5.15. The Morgan fingerprint density at radius 1 is 1.37 bits per heavy atom.